The average Bonchev–Trinajstić information content (AvgIpc) is 2.38. The molecule has 4 nitrogen and oxygen atoms in total. The second-order valence-electron chi connectivity index (χ2n) is 4.86. The summed E-state index contributed by atoms with van der Waals surface area (Å²) in [6.07, 6.45) is 9.97. The Balaban J connectivity index is 2.33. The highest BCUT2D eigenvalue weighted by atomic mass is 16.2. The summed E-state index contributed by atoms with van der Waals surface area (Å²) >= 11 is 0. The largest absolute Gasteiger partial charge is 0.344 e. The van der Waals surface area contributed by atoms with E-state index in [1.54, 1.807) is 0 Å². The molecule has 0 spiro atoms. The molecule has 0 aromatic carbocycles. The van der Waals surface area contributed by atoms with Gasteiger partial charge in [0.1, 0.15) is 0 Å². The number of amides is 1. The monoisotopic (exact) mass is 251 g/mol. The van der Waals surface area contributed by atoms with E-state index in [4.69, 9.17) is 6.42 Å². The normalized spacial score (nSPS) is 19.5. The van der Waals surface area contributed by atoms with E-state index in [1.165, 1.54) is 19.3 Å². The van der Waals surface area contributed by atoms with Crippen molar-refractivity contribution in [1.82, 2.24) is 15.5 Å². The third-order valence-electron chi connectivity index (χ3n) is 3.19. The van der Waals surface area contributed by atoms with E-state index in [2.05, 4.69) is 28.4 Å². The molecule has 2 N–H and O–H groups in total. The Morgan fingerprint density at radius 2 is 2.39 bits per heavy atom. The molecule has 0 aliphatic carbocycles. The maximum Gasteiger partial charge on any atom is 0.234 e. The van der Waals surface area contributed by atoms with Crippen LogP contribution in [0.15, 0.2) is 0 Å². The summed E-state index contributed by atoms with van der Waals surface area (Å²) < 4.78 is 0. The molecule has 4 heteroatoms. The highest BCUT2D eigenvalue weighted by Gasteiger charge is 2.17. The first-order chi connectivity index (χ1) is 8.76. The third kappa shape index (κ3) is 6.04. The molecule has 1 aliphatic heterocycles. The zero-order chi connectivity index (χ0) is 13.2. The first kappa shape index (κ1) is 15.0. The summed E-state index contributed by atoms with van der Waals surface area (Å²) in [6.45, 7) is 5.93. The number of nitrogens with zero attached hydrogens (tertiary/aromatic N) is 1. The van der Waals surface area contributed by atoms with Crippen LogP contribution in [0.2, 0.25) is 0 Å². The molecular formula is C14H25N3O. The minimum atomic E-state index is 0.0252. The lowest BCUT2D eigenvalue weighted by molar-refractivity contribution is -0.122. The second-order valence-corrected chi connectivity index (χ2v) is 4.86. The van der Waals surface area contributed by atoms with Gasteiger partial charge in [0.05, 0.1) is 13.1 Å². The molecule has 0 saturated carbocycles. The molecule has 1 unspecified atom stereocenters. The molecule has 1 fully saturated rings. The Hall–Kier alpha value is -1.05. The number of carbonyl (C=O) groups excluding carboxylic acids is 1. The minimum Gasteiger partial charge on any atom is -0.344 e. The Bertz CT molecular complexity index is 279. The van der Waals surface area contributed by atoms with Crippen LogP contribution in [0.25, 0.3) is 0 Å². The number of piperidine rings is 1. The minimum absolute atomic E-state index is 0.0252. The third-order valence-corrected chi connectivity index (χ3v) is 3.19. The van der Waals surface area contributed by atoms with E-state index in [9.17, 15) is 4.79 Å². The SMILES string of the molecule is C#CCNC(=O)CN(CCC)CC1CCCCN1. The molecule has 0 bridgehead atoms. The average molecular weight is 251 g/mol. The maximum atomic E-state index is 11.7. The number of hydrogen-bond donors (Lipinski definition) is 2. The van der Waals surface area contributed by atoms with Gasteiger partial charge in [0, 0.05) is 12.6 Å². The van der Waals surface area contributed by atoms with Crippen molar-refractivity contribution >= 4 is 5.91 Å². The van der Waals surface area contributed by atoms with Crippen LogP contribution in [0.4, 0.5) is 0 Å². The lowest BCUT2D eigenvalue weighted by Gasteiger charge is -2.30. The second kappa shape index (κ2) is 8.96. The van der Waals surface area contributed by atoms with Gasteiger partial charge >= 0.3 is 0 Å². The summed E-state index contributed by atoms with van der Waals surface area (Å²) in [5, 5.41) is 6.24. The summed E-state index contributed by atoms with van der Waals surface area (Å²) in [5.74, 6) is 2.45. The van der Waals surface area contributed by atoms with E-state index in [1.807, 2.05) is 0 Å². The fourth-order valence-electron chi connectivity index (χ4n) is 2.35. The van der Waals surface area contributed by atoms with Crippen LogP contribution in [0.3, 0.4) is 0 Å². The van der Waals surface area contributed by atoms with Crippen molar-refractivity contribution in [3.8, 4) is 12.3 Å². The fraction of sp³-hybridized carbons (Fsp3) is 0.786. The molecule has 0 aromatic rings. The zero-order valence-corrected chi connectivity index (χ0v) is 11.4. The maximum absolute atomic E-state index is 11.7. The van der Waals surface area contributed by atoms with Gasteiger partial charge in [0.25, 0.3) is 0 Å². The van der Waals surface area contributed by atoms with Crippen molar-refractivity contribution in [3.05, 3.63) is 0 Å². The van der Waals surface area contributed by atoms with Crippen molar-refractivity contribution in [1.29, 1.82) is 0 Å². The van der Waals surface area contributed by atoms with Crippen molar-refractivity contribution in [3.63, 3.8) is 0 Å². The molecule has 1 rings (SSSR count). The smallest absolute Gasteiger partial charge is 0.234 e. The van der Waals surface area contributed by atoms with Crippen molar-refractivity contribution in [2.24, 2.45) is 0 Å². The van der Waals surface area contributed by atoms with E-state index < -0.39 is 0 Å². The molecular weight excluding hydrogens is 226 g/mol. The van der Waals surface area contributed by atoms with Crippen LogP contribution in [-0.2, 0) is 4.79 Å². The van der Waals surface area contributed by atoms with E-state index in [-0.39, 0.29) is 5.91 Å². The van der Waals surface area contributed by atoms with Gasteiger partial charge in [0.2, 0.25) is 5.91 Å². The Kier molecular flexibility index (Phi) is 7.47. The van der Waals surface area contributed by atoms with E-state index >= 15 is 0 Å². The molecule has 0 aromatic heterocycles. The van der Waals surface area contributed by atoms with Crippen molar-refractivity contribution in [2.75, 3.05) is 32.7 Å². The molecule has 1 saturated heterocycles. The molecule has 1 heterocycles. The highest BCUT2D eigenvalue weighted by Crippen LogP contribution is 2.08. The number of terminal acetylenes is 1. The fourth-order valence-corrected chi connectivity index (χ4v) is 2.35. The van der Waals surface area contributed by atoms with Gasteiger partial charge in [-0.15, -0.1) is 6.42 Å². The summed E-state index contributed by atoms with van der Waals surface area (Å²) in [7, 11) is 0. The van der Waals surface area contributed by atoms with Crippen molar-refractivity contribution in [2.45, 2.75) is 38.6 Å². The Labute approximate surface area is 110 Å². The summed E-state index contributed by atoms with van der Waals surface area (Å²) in [6, 6.07) is 0.533. The van der Waals surface area contributed by atoms with Crippen molar-refractivity contribution < 1.29 is 4.79 Å². The van der Waals surface area contributed by atoms with Gasteiger partial charge in [-0.25, -0.2) is 0 Å². The highest BCUT2D eigenvalue weighted by molar-refractivity contribution is 5.78. The van der Waals surface area contributed by atoms with Gasteiger partial charge in [-0.05, 0) is 32.4 Å². The Morgan fingerprint density at radius 3 is 3.00 bits per heavy atom. The molecule has 102 valence electrons. The van der Waals surface area contributed by atoms with E-state index in [0.717, 1.165) is 26.1 Å². The predicted molar refractivity (Wildman–Crippen MR) is 74.2 cm³/mol. The van der Waals surface area contributed by atoms with Gasteiger partial charge < -0.3 is 10.6 Å². The van der Waals surface area contributed by atoms with Crippen LogP contribution >= 0.6 is 0 Å². The first-order valence-corrected chi connectivity index (χ1v) is 6.92. The zero-order valence-electron chi connectivity index (χ0n) is 11.4. The topological polar surface area (TPSA) is 44.4 Å². The lowest BCUT2D eigenvalue weighted by atomic mass is 10.0. The molecule has 1 atom stereocenters. The summed E-state index contributed by atoms with van der Waals surface area (Å²) in [4.78, 5) is 13.9. The standard InChI is InChI=1S/C14H25N3O/c1-3-8-16-14(18)12-17(10-4-2)11-13-7-5-6-9-15-13/h1,13,15H,4-12H2,2H3,(H,16,18). The quantitative estimate of drug-likeness (QED) is 0.651. The van der Waals surface area contributed by atoms with Crippen LogP contribution in [0.1, 0.15) is 32.6 Å². The van der Waals surface area contributed by atoms with Gasteiger partial charge in [-0.2, -0.15) is 0 Å². The molecule has 1 amide bonds. The number of hydrogen-bond acceptors (Lipinski definition) is 3. The Morgan fingerprint density at radius 1 is 1.56 bits per heavy atom. The lowest BCUT2D eigenvalue weighted by Crippen LogP contribution is -2.47. The predicted octanol–water partition coefficient (Wildman–Crippen LogP) is 0.590. The number of nitrogens with one attached hydrogen (secondary N) is 2. The number of rotatable bonds is 7. The van der Waals surface area contributed by atoms with Gasteiger partial charge in [0.15, 0.2) is 0 Å². The molecule has 1 aliphatic rings. The molecule has 18 heavy (non-hydrogen) atoms. The van der Waals surface area contributed by atoms with Crippen LogP contribution in [-0.4, -0.2) is 49.6 Å². The molecule has 0 radical (unpaired) electrons. The van der Waals surface area contributed by atoms with Crippen LogP contribution in [0.5, 0.6) is 0 Å². The van der Waals surface area contributed by atoms with Crippen LogP contribution in [0, 0.1) is 12.3 Å². The van der Waals surface area contributed by atoms with Crippen LogP contribution < -0.4 is 10.6 Å². The van der Waals surface area contributed by atoms with E-state index in [0.29, 0.717) is 19.1 Å². The van der Waals surface area contributed by atoms with Gasteiger partial charge in [-0.3, -0.25) is 9.69 Å². The summed E-state index contributed by atoms with van der Waals surface area (Å²) in [5.41, 5.74) is 0. The van der Waals surface area contributed by atoms with Gasteiger partial charge in [-0.1, -0.05) is 19.3 Å². The first-order valence-electron chi connectivity index (χ1n) is 6.92. The number of carbonyl (C=O) groups is 1.